The van der Waals surface area contributed by atoms with Crippen LogP contribution in [0.4, 0.5) is 14.4 Å². The molecule has 87 heavy (non-hydrogen) atoms. The first-order valence-corrected chi connectivity index (χ1v) is 29.9. The second kappa shape index (κ2) is 39.1. The molecule has 0 bridgehead atoms. The average molecular weight is 1210 g/mol. The summed E-state index contributed by atoms with van der Waals surface area (Å²) in [6, 6.07) is 32.7. The summed E-state index contributed by atoms with van der Waals surface area (Å²) in [6.45, 7) is 14.3. The highest BCUT2D eigenvalue weighted by Gasteiger charge is 2.26. The van der Waals surface area contributed by atoms with Gasteiger partial charge in [-0.3, -0.25) is 45.5 Å². The van der Waals surface area contributed by atoms with Gasteiger partial charge in [-0.05, 0) is 173 Å². The summed E-state index contributed by atoms with van der Waals surface area (Å²) in [7, 11) is 0. The molecule has 2 atom stereocenters. The maximum Gasteiger partial charge on any atom is 0.408 e. The van der Waals surface area contributed by atoms with Crippen LogP contribution in [-0.4, -0.2) is 141 Å². The predicted octanol–water partition coefficient (Wildman–Crippen LogP) is 7.67. The van der Waals surface area contributed by atoms with Crippen molar-refractivity contribution in [1.82, 2.24) is 52.8 Å². The van der Waals surface area contributed by atoms with Crippen molar-refractivity contribution in [2.45, 2.75) is 142 Å². The molecule has 23 heteroatoms. The normalized spacial score (nSPS) is 11.8. The quantitative estimate of drug-likeness (QED) is 0.00912. The molecule has 474 valence electrons. The van der Waals surface area contributed by atoms with Crippen molar-refractivity contribution in [3.05, 3.63) is 138 Å². The van der Waals surface area contributed by atoms with E-state index >= 15 is 0 Å². The van der Waals surface area contributed by atoms with E-state index in [2.05, 4.69) is 52.8 Å². The van der Waals surface area contributed by atoms with Crippen molar-refractivity contribution in [2.24, 2.45) is 0 Å². The van der Waals surface area contributed by atoms with Crippen molar-refractivity contribution in [3.63, 3.8) is 0 Å². The van der Waals surface area contributed by atoms with Gasteiger partial charge in [-0.1, -0.05) is 78.9 Å². The highest BCUT2D eigenvalue weighted by molar-refractivity contribution is 6.05. The predicted molar refractivity (Wildman–Crippen MR) is 334 cm³/mol. The Kier molecular flexibility index (Phi) is 31.8. The first-order chi connectivity index (χ1) is 41.6. The van der Waals surface area contributed by atoms with E-state index in [1.807, 2.05) is 54.6 Å². The number of carbonyl (C=O) groups is 7. The number of nitrogens with one attached hydrogen (secondary N) is 11. The molecule has 0 spiro atoms. The molecule has 0 heterocycles. The SMILES string of the molecule is CC(C)(C)OC(=O)N[C@@H](CCCCNC(=N)NC(=O)c1ccccc1)C(=O)NCCCN(CCCNC(=O)[C@H](CCCCNC(=N)NC(=O)c1ccccc1)NC(=O)OC(C)(C)C)CCOc1ccc(CCCCNC(=O)OCc2ccccc2)cc1. The lowest BCUT2D eigenvalue weighted by molar-refractivity contribution is -0.124. The smallest absolute Gasteiger partial charge is 0.408 e. The van der Waals surface area contributed by atoms with E-state index in [-0.39, 0.29) is 56.3 Å². The number of aryl methyl sites for hydroxylation is 1. The van der Waals surface area contributed by atoms with Crippen LogP contribution in [0.3, 0.4) is 0 Å². The van der Waals surface area contributed by atoms with Crippen LogP contribution in [0.15, 0.2) is 115 Å². The van der Waals surface area contributed by atoms with E-state index in [0.717, 1.165) is 30.4 Å². The number of hydrogen-bond acceptors (Lipinski definition) is 14. The fourth-order valence-electron chi connectivity index (χ4n) is 8.52. The molecule has 11 N–H and O–H groups in total. The van der Waals surface area contributed by atoms with E-state index in [1.165, 1.54) is 0 Å². The Balaban J connectivity index is 1.30. The molecule has 4 aromatic rings. The summed E-state index contributed by atoms with van der Waals surface area (Å²) >= 11 is 0. The molecule has 0 aliphatic heterocycles. The van der Waals surface area contributed by atoms with Crippen LogP contribution in [0.2, 0.25) is 0 Å². The maximum atomic E-state index is 13.7. The second-order valence-corrected chi connectivity index (χ2v) is 22.7. The Morgan fingerprint density at radius 1 is 0.460 bits per heavy atom. The molecular formula is C64H92N12O11. The zero-order chi connectivity index (χ0) is 63.3. The summed E-state index contributed by atoms with van der Waals surface area (Å²) in [5, 5.41) is 41.2. The molecule has 0 aromatic heterocycles. The van der Waals surface area contributed by atoms with Gasteiger partial charge in [0.05, 0.1) is 0 Å². The first kappa shape index (κ1) is 70.8. The van der Waals surface area contributed by atoms with Crippen LogP contribution >= 0.6 is 0 Å². The molecule has 0 saturated carbocycles. The van der Waals surface area contributed by atoms with Crippen molar-refractivity contribution in [2.75, 3.05) is 59.0 Å². The van der Waals surface area contributed by atoms with Crippen molar-refractivity contribution in [1.29, 1.82) is 10.8 Å². The maximum absolute atomic E-state index is 13.7. The fraction of sp³-hybridized carbons (Fsp3) is 0.484. The molecule has 0 aliphatic carbocycles. The number of hydrogen-bond donors (Lipinski definition) is 11. The molecule has 0 fully saturated rings. The monoisotopic (exact) mass is 1200 g/mol. The highest BCUT2D eigenvalue weighted by atomic mass is 16.6. The van der Waals surface area contributed by atoms with Gasteiger partial charge in [-0.2, -0.15) is 0 Å². The van der Waals surface area contributed by atoms with Crippen LogP contribution in [0, 0.1) is 10.8 Å². The van der Waals surface area contributed by atoms with Crippen molar-refractivity contribution < 1.29 is 52.5 Å². The van der Waals surface area contributed by atoms with Gasteiger partial charge in [-0.15, -0.1) is 0 Å². The number of rotatable bonds is 35. The van der Waals surface area contributed by atoms with Crippen molar-refractivity contribution in [3.8, 4) is 5.75 Å². The van der Waals surface area contributed by atoms with Gasteiger partial charge in [0.1, 0.15) is 42.2 Å². The summed E-state index contributed by atoms with van der Waals surface area (Å²) in [4.78, 5) is 92.4. The van der Waals surface area contributed by atoms with Gasteiger partial charge in [0.2, 0.25) is 11.8 Å². The Bertz CT molecular complexity index is 2610. The topological polar surface area (TPSA) is 316 Å². The van der Waals surface area contributed by atoms with Crippen LogP contribution in [0.25, 0.3) is 0 Å². The minimum atomic E-state index is -0.908. The van der Waals surface area contributed by atoms with Crippen molar-refractivity contribution >= 4 is 53.8 Å². The standard InChI is InChI=1S/C64H92N12O11/c1-63(2,3)86-61(82)72-52(31-17-20-37-69-58(65)74-54(77)49-27-12-8-13-28-49)56(79)67-40-22-42-76(44-45-84-51-35-33-47(34-36-51)24-16-19-39-71-60(81)85-46-48-25-10-7-11-26-48)43-23-41-68-57(80)53(73-62(83)87-64(4,5)6)32-18-21-38-70-59(66)75-55(78)50-29-14-9-15-30-50/h7-15,25-30,33-36,52-53H,16-24,31-32,37-46H2,1-6H3,(H,67,79)(H,68,80)(H,71,81)(H,72,82)(H,73,83)(H3,65,69,74,77)(H3,66,70,75,78)/t52-,53-/m0/s1. The number of guanidine groups is 2. The minimum absolute atomic E-state index is 0.152. The zero-order valence-corrected chi connectivity index (χ0v) is 51.4. The Labute approximate surface area is 512 Å². The number of amides is 7. The van der Waals surface area contributed by atoms with E-state index in [9.17, 15) is 33.6 Å². The fourth-order valence-corrected chi connectivity index (χ4v) is 8.52. The minimum Gasteiger partial charge on any atom is -0.492 e. The number of alkyl carbamates (subject to hydrolysis) is 3. The molecule has 23 nitrogen and oxygen atoms in total. The third kappa shape index (κ3) is 32.4. The molecule has 0 unspecified atom stereocenters. The molecular weight excluding hydrogens is 1110 g/mol. The molecule has 4 rings (SSSR count). The summed E-state index contributed by atoms with van der Waals surface area (Å²) < 4.78 is 22.5. The number of ether oxygens (including phenoxy) is 4. The number of unbranched alkanes of at least 4 members (excludes halogenated alkanes) is 3. The Morgan fingerprint density at radius 2 is 0.885 bits per heavy atom. The largest absolute Gasteiger partial charge is 0.492 e. The van der Waals surface area contributed by atoms with Gasteiger partial charge in [0.25, 0.3) is 11.8 Å². The zero-order valence-electron chi connectivity index (χ0n) is 51.4. The first-order valence-electron chi connectivity index (χ1n) is 29.9. The van der Waals surface area contributed by atoms with Gasteiger partial charge in [-0.25, -0.2) is 14.4 Å². The number of nitrogens with zero attached hydrogens (tertiary/aromatic N) is 1. The number of benzene rings is 4. The summed E-state index contributed by atoms with van der Waals surface area (Å²) in [6.07, 6.45) is 4.27. The average Bonchev–Trinajstić information content (AvgIpc) is 3.63. The van der Waals surface area contributed by atoms with Crippen LogP contribution in [0.1, 0.15) is 138 Å². The van der Waals surface area contributed by atoms with E-state index in [0.29, 0.717) is 101 Å². The van der Waals surface area contributed by atoms with Crippen LogP contribution in [0.5, 0.6) is 5.75 Å². The highest BCUT2D eigenvalue weighted by Crippen LogP contribution is 2.15. The molecule has 7 amide bonds. The molecule has 0 radical (unpaired) electrons. The van der Waals surface area contributed by atoms with Gasteiger partial charge >= 0.3 is 18.3 Å². The van der Waals surface area contributed by atoms with E-state index < -0.39 is 53.4 Å². The lowest BCUT2D eigenvalue weighted by Crippen LogP contribution is -2.49. The molecule has 0 aliphatic rings. The van der Waals surface area contributed by atoms with Gasteiger partial charge in [0.15, 0.2) is 11.9 Å². The third-order valence-corrected chi connectivity index (χ3v) is 12.9. The lowest BCUT2D eigenvalue weighted by Gasteiger charge is -2.25. The second-order valence-electron chi connectivity index (χ2n) is 22.7. The molecule has 0 saturated heterocycles. The summed E-state index contributed by atoms with van der Waals surface area (Å²) in [5.41, 5.74) is 1.31. The van der Waals surface area contributed by atoms with Crippen LogP contribution < -0.4 is 52.6 Å². The Morgan fingerprint density at radius 3 is 1.34 bits per heavy atom. The van der Waals surface area contributed by atoms with E-state index in [4.69, 9.17) is 29.8 Å². The third-order valence-electron chi connectivity index (χ3n) is 12.9. The number of carbonyl (C=O) groups excluding carboxylic acids is 7. The Hall–Kier alpha value is -8.73. The van der Waals surface area contributed by atoms with Crippen LogP contribution in [-0.2, 0) is 36.8 Å². The summed E-state index contributed by atoms with van der Waals surface area (Å²) in [5.74, 6) is -1.20. The van der Waals surface area contributed by atoms with Gasteiger partial charge < -0.3 is 56.2 Å². The lowest BCUT2D eigenvalue weighted by atomic mass is 10.1. The van der Waals surface area contributed by atoms with E-state index in [1.54, 1.807) is 102 Å². The van der Waals surface area contributed by atoms with Gasteiger partial charge in [0, 0.05) is 50.4 Å². The molecule has 4 aromatic carbocycles.